The Morgan fingerprint density at radius 3 is 2.88 bits per heavy atom. The van der Waals surface area contributed by atoms with E-state index in [0.29, 0.717) is 38.0 Å². The van der Waals surface area contributed by atoms with Crippen molar-refractivity contribution in [2.24, 2.45) is 5.92 Å². The fourth-order valence-electron chi connectivity index (χ4n) is 2.98. The molecule has 1 atom stereocenters. The summed E-state index contributed by atoms with van der Waals surface area (Å²) in [5.74, 6) is -0.0395. The Labute approximate surface area is 159 Å². The summed E-state index contributed by atoms with van der Waals surface area (Å²) in [6, 6.07) is 0. The highest BCUT2D eigenvalue weighted by Crippen LogP contribution is 2.21. The summed E-state index contributed by atoms with van der Waals surface area (Å²) in [7, 11) is 0. The van der Waals surface area contributed by atoms with Gasteiger partial charge in [-0.2, -0.15) is 0 Å². The number of anilines is 1. The van der Waals surface area contributed by atoms with E-state index >= 15 is 0 Å². The van der Waals surface area contributed by atoms with E-state index in [-0.39, 0.29) is 17.7 Å². The van der Waals surface area contributed by atoms with E-state index in [4.69, 9.17) is 4.74 Å². The predicted octanol–water partition coefficient (Wildman–Crippen LogP) is 1.95. The molecule has 0 bridgehead atoms. The minimum absolute atomic E-state index is 0.0482. The first-order valence-corrected chi connectivity index (χ1v) is 10.1. The largest absolute Gasteiger partial charge is 0.382 e. The van der Waals surface area contributed by atoms with Crippen molar-refractivity contribution in [3.8, 4) is 0 Å². The number of aryl methyl sites for hydroxylation is 2. The molecule has 2 N–H and O–H groups in total. The monoisotopic (exact) mass is 382 g/mol. The van der Waals surface area contributed by atoms with Gasteiger partial charge in [-0.25, -0.2) is 4.98 Å². The maximum Gasteiger partial charge on any atom is 0.240 e. The van der Waals surface area contributed by atoms with Crippen molar-refractivity contribution in [3.05, 3.63) is 10.6 Å². The number of hydrogen-bond donors (Lipinski definition) is 2. The number of hydrogen-bond acceptors (Lipinski definition) is 6. The topological polar surface area (TPSA) is 83.6 Å². The van der Waals surface area contributed by atoms with Crippen molar-refractivity contribution >= 4 is 28.3 Å². The van der Waals surface area contributed by atoms with Crippen molar-refractivity contribution in [2.45, 2.75) is 40.0 Å². The van der Waals surface area contributed by atoms with E-state index < -0.39 is 0 Å². The highest BCUT2D eigenvalue weighted by atomic mass is 32.1. The molecule has 2 rings (SSSR count). The van der Waals surface area contributed by atoms with Gasteiger partial charge in [-0.1, -0.05) is 0 Å². The molecule has 0 aliphatic carbocycles. The van der Waals surface area contributed by atoms with Crippen molar-refractivity contribution in [3.63, 3.8) is 0 Å². The summed E-state index contributed by atoms with van der Waals surface area (Å²) in [5.41, 5.74) is 0.948. The third-order valence-corrected chi connectivity index (χ3v) is 5.48. The molecule has 1 fully saturated rings. The lowest BCUT2D eigenvalue weighted by Gasteiger charge is -2.31. The van der Waals surface area contributed by atoms with Crippen LogP contribution in [0.15, 0.2) is 0 Å². The van der Waals surface area contributed by atoms with Gasteiger partial charge in [0.2, 0.25) is 11.8 Å². The zero-order valence-electron chi connectivity index (χ0n) is 16.0. The van der Waals surface area contributed by atoms with Gasteiger partial charge in [-0.3, -0.25) is 14.5 Å². The van der Waals surface area contributed by atoms with Gasteiger partial charge in [-0.15, -0.1) is 11.3 Å². The molecule has 1 unspecified atom stereocenters. The fourth-order valence-corrected chi connectivity index (χ4v) is 3.81. The number of nitrogens with one attached hydrogen (secondary N) is 2. The van der Waals surface area contributed by atoms with Gasteiger partial charge in [0.05, 0.1) is 18.2 Å². The molecule has 0 spiro atoms. The van der Waals surface area contributed by atoms with E-state index in [1.807, 2.05) is 20.8 Å². The molecule has 26 heavy (non-hydrogen) atoms. The Kier molecular flexibility index (Phi) is 8.47. The normalized spacial score (nSPS) is 17.9. The third kappa shape index (κ3) is 6.66. The summed E-state index contributed by atoms with van der Waals surface area (Å²) in [6.45, 7) is 9.66. The zero-order chi connectivity index (χ0) is 18.9. The molecule has 0 saturated carbocycles. The number of amides is 2. The number of piperidine rings is 1. The SMILES string of the molecule is CCOCCCNC(=O)C1CCCN(CC(=O)Nc2nc(C)c(C)s2)C1. The lowest BCUT2D eigenvalue weighted by Crippen LogP contribution is -2.45. The summed E-state index contributed by atoms with van der Waals surface area (Å²) in [5, 5.41) is 6.48. The molecule has 8 heteroatoms. The molecule has 7 nitrogen and oxygen atoms in total. The Balaban J connectivity index is 1.73. The fraction of sp³-hybridized carbons (Fsp3) is 0.722. The van der Waals surface area contributed by atoms with Crippen LogP contribution < -0.4 is 10.6 Å². The van der Waals surface area contributed by atoms with Crippen molar-refractivity contribution in [2.75, 3.05) is 44.7 Å². The summed E-state index contributed by atoms with van der Waals surface area (Å²) >= 11 is 1.49. The molecule has 146 valence electrons. The predicted molar refractivity (Wildman–Crippen MR) is 104 cm³/mol. The average molecular weight is 383 g/mol. The Morgan fingerprint density at radius 2 is 2.19 bits per heavy atom. The van der Waals surface area contributed by atoms with Gasteiger partial charge in [0.15, 0.2) is 5.13 Å². The number of aromatic nitrogens is 1. The molecule has 0 radical (unpaired) electrons. The number of thiazole rings is 1. The van der Waals surface area contributed by atoms with E-state index in [2.05, 4.69) is 20.5 Å². The Bertz CT molecular complexity index is 586. The van der Waals surface area contributed by atoms with Gasteiger partial charge < -0.3 is 15.4 Å². The molecule has 2 heterocycles. The van der Waals surface area contributed by atoms with Crippen LogP contribution in [0.2, 0.25) is 0 Å². The van der Waals surface area contributed by atoms with Gasteiger partial charge in [0.25, 0.3) is 0 Å². The van der Waals surface area contributed by atoms with Crippen LogP contribution in [0, 0.1) is 19.8 Å². The van der Waals surface area contributed by atoms with Crippen molar-refractivity contribution in [1.29, 1.82) is 0 Å². The maximum absolute atomic E-state index is 12.3. The van der Waals surface area contributed by atoms with Gasteiger partial charge >= 0.3 is 0 Å². The van der Waals surface area contributed by atoms with E-state index in [1.54, 1.807) is 0 Å². The summed E-state index contributed by atoms with van der Waals surface area (Å²) in [6.07, 6.45) is 2.63. The van der Waals surface area contributed by atoms with Crippen LogP contribution in [0.4, 0.5) is 5.13 Å². The number of rotatable bonds is 9. The van der Waals surface area contributed by atoms with E-state index in [9.17, 15) is 9.59 Å². The molecule has 1 saturated heterocycles. The quantitative estimate of drug-likeness (QED) is 0.638. The van der Waals surface area contributed by atoms with Crippen LogP contribution in [0.1, 0.15) is 36.8 Å². The minimum atomic E-state index is -0.0727. The van der Waals surface area contributed by atoms with Crippen molar-refractivity contribution < 1.29 is 14.3 Å². The second-order valence-electron chi connectivity index (χ2n) is 6.62. The second kappa shape index (κ2) is 10.6. The van der Waals surface area contributed by atoms with E-state index in [1.165, 1.54) is 11.3 Å². The van der Waals surface area contributed by atoms with Crippen LogP contribution in [-0.2, 0) is 14.3 Å². The van der Waals surface area contributed by atoms with Crippen LogP contribution in [0.3, 0.4) is 0 Å². The number of carbonyl (C=O) groups excluding carboxylic acids is 2. The van der Waals surface area contributed by atoms with Gasteiger partial charge in [0.1, 0.15) is 0 Å². The highest BCUT2D eigenvalue weighted by molar-refractivity contribution is 7.15. The third-order valence-electron chi connectivity index (χ3n) is 4.49. The van der Waals surface area contributed by atoms with E-state index in [0.717, 1.165) is 36.4 Å². The highest BCUT2D eigenvalue weighted by Gasteiger charge is 2.26. The Morgan fingerprint density at radius 1 is 1.38 bits per heavy atom. The first-order valence-electron chi connectivity index (χ1n) is 9.31. The summed E-state index contributed by atoms with van der Waals surface area (Å²) in [4.78, 5) is 32.1. The molecule has 2 amide bonds. The van der Waals surface area contributed by atoms with Gasteiger partial charge in [-0.05, 0) is 46.6 Å². The average Bonchev–Trinajstić information content (AvgIpc) is 2.92. The number of nitrogens with zero attached hydrogens (tertiary/aromatic N) is 2. The molecule has 1 aromatic heterocycles. The van der Waals surface area contributed by atoms with Crippen LogP contribution in [0.25, 0.3) is 0 Å². The first kappa shape index (κ1) is 20.8. The zero-order valence-corrected chi connectivity index (χ0v) is 16.8. The molecule has 1 aliphatic heterocycles. The molecular formula is C18H30N4O3S. The number of ether oxygens (including phenoxy) is 1. The molecular weight excluding hydrogens is 352 g/mol. The van der Waals surface area contributed by atoms with Crippen LogP contribution >= 0.6 is 11.3 Å². The smallest absolute Gasteiger partial charge is 0.240 e. The lowest BCUT2D eigenvalue weighted by atomic mass is 9.97. The van der Waals surface area contributed by atoms with Crippen LogP contribution in [0.5, 0.6) is 0 Å². The maximum atomic E-state index is 12.3. The lowest BCUT2D eigenvalue weighted by molar-refractivity contribution is -0.128. The minimum Gasteiger partial charge on any atom is -0.382 e. The standard InChI is InChI=1S/C18H30N4O3S/c1-4-25-10-6-8-19-17(24)15-7-5-9-22(11-15)12-16(23)21-18-20-13(2)14(3)26-18/h15H,4-12H2,1-3H3,(H,19,24)(H,20,21,23). The van der Waals surface area contributed by atoms with Crippen molar-refractivity contribution in [1.82, 2.24) is 15.2 Å². The second-order valence-corrected chi connectivity index (χ2v) is 7.83. The number of carbonyl (C=O) groups is 2. The molecule has 0 aromatic carbocycles. The first-order chi connectivity index (χ1) is 12.5. The summed E-state index contributed by atoms with van der Waals surface area (Å²) < 4.78 is 5.27. The number of likely N-dealkylation sites (tertiary alicyclic amines) is 1. The molecule has 1 aromatic rings. The van der Waals surface area contributed by atoms with Gasteiger partial charge in [0, 0.05) is 31.2 Å². The molecule has 1 aliphatic rings. The van der Waals surface area contributed by atoms with Crippen LogP contribution in [-0.4, -0.2) is 61.1 Å². The Hall–Kier alpha value is -1.51.